The van der Waals surface area contributed by atoms with Crippen LogP contribution in [0.5, 0.6) is 0 Å². The van der Waals surface area contributed by atoms with Gasteiger partial charge in [-0.1, -0.05) is 28.8 Å². The van der Waals surface area contributed by atoms with E-state index in [-0.39, 0.29) is 5.91 Å². The van der Waals surface area contributed by atoms with Crippen LogP contribution in [0.25, 0.3) is 0 Å². The molecule has 0 unspecified atom stereocenters. The molecule has 100 valence electrons. The van der Waals surface area contributed by atoms with Crippen LogP contribution in [0.3, 0.4) is 0 Å². The highest BCUT2D eigenvalue weighted by Crippen LogP contribution is 2.20. The Kier molecular flexibility index (Phi) is 4.07. The first-order chi connectivity index (χ1) is 9.49. The molecule has 0 fully saturated rings. The van der Waals surface area contributed by atoms with Crippen molar-refractivity contribution in [3.63, 3.8) is 0 Å². The van der Waals surface area contributed by atoms with Crippen molar-refractivity contribution in [2.75, 3.05) is 5.32 Å². The summed E-state index contributed by atoms with van der Waals surface area (Å²) in [4.78, 5) is 12.2. The van der Waals surface area contributed by atoms with Gasteiger partial charge in [-0.3, -0.25) is 4.79 Å². The number of rotatable bonds is 2. The number of aryl methyl sites for hydroxylation is 2. The van der Waals surface area contributed by atoms with Gasteiger partial charge >= 0.3 is 0 Å². The molecule has 0 aliphatic carbocycles. The first-order valence-electron chi connectivity index (χ1n) is 6.09. The molecular formula is C16H13ClN2O. The zero-order chi connectivity index (χ0) is 14.7. The third kappa shape index (κ3) is 3.17. The zero-order valence-corrected chi connectivity index (χ0v) is 12.0. The number of anilines is 1. The van der Waals surface area contributed by atoms with Gasteiger partial charge in [0.1, 0.15) is 6.07 Å². The quantitative estimate of drug-likeness (QED) is 0.903. The Morgan fingerprint density at radius 1 is 1.15 bits per heavy atom. The molecule has 0 bridgehead atoms. The molecule has 1 N–H and O–H groups in total. The maximum atomic E-state index is 12.2. The van der Waals surface area contributed by atoms with Crippen LogP contribution in [-0.4, -0.2) is 5.91 Å². The highest BCUT2D eigenvalue weighted by molar-refractivity contribution is 6.31. The maximum Gasteiger partial charge on any atom is 0.255 e. The molecule has 0 aliphatic heterocycles. The molecule has 0 heterocycles. The third-order valence-electron chi connectivity index (χ3n) is 2.83. The fourth-order valence-electron chi connectivity index (χ4n) is 2.00. The van der Waals surface area contributed by atoms with Crippen molar-refractivity contribution in [1.29, 1.82) is 5.26 Å². The van der Waals surface area contributed by atoms with E-state index < -0.39 is 0 Å². The summed E-state index contributed by atoms with van der Waals surface area (Å²) in [5.74, 6) is -0.206. The Labute approximate surface area is 122 Å². The average molecular weight is 285 g/mol. The van der Waals surface area contributed by atoms with Gasteiger partial charge in [-0.25, -0.2) is 0 Å². The van der Waals surface area contributed by atoms with E-state index in [0.717, 1.165) is 11.1 Å². The number of carbonyl (C=O) groups excluding carboxylic acids is 1. The van der Waals surface area contributed by atoms with Crippen LogP contribution in [0.2, 0.25) is 5.02 Å². The van der Waals surface area contributed by atoms with E-state index in [1.807, 2.05) is 38.1 Å². The second-order valence-corrected chi connectivity index (χ2v) is 5.04. The van der Waals surface area contributed by atoms with E-state index >= 15 is 0 Å². The lowest BCUT2D eigenvalue weighted by molar-refractivity contribution is 0.102. The van der Waals surface area contributed by atoms with Crippen LogP contribution < -0.4 is 5.32 Å². The summed E-state index contributed by atoms with van der Waals surface area (Å²) in [7, 11) is 0. The fourth-order valence-corrected chi connectivity index (χ4v) is 2.16. The van der Waals surface area contributed by atoms with Crippen molar-refractivity contribution < 1.29 is 4.79 Å². The van der Waals surface area contributed by atoms with Crippen LogP contribution in [0.4, 0.5) is 5.69 Å². The number of nitriles is 1. The molecule has 0 atom stereocenters. The molecule has 20 heavy (non-hydrogen) atoms. The molecule has 2 aromatic carbocycles. The van der Waals surface area contributed by atoms with Crippen molar-refractivity contribution in [1.82, 2.24) is 0 Å². The predicted octanol–water partition coefficient (Wildman–Crippen LogP) is 4.08. The van der Waals surface area contributed by atoms with Gasteiger partial charge in [0, 0.05) is 11.3 Å². The van der Waals surface area contributed by atoms with Crippen molar-refractivity contribution in [2.45, 2.75) is 13.8 Å². The highest BCUT2D eigenvalue weighted by atomic mass is 35.5. The van der Waals surface area contributed by atoms with Gasteiger partial charge in [0.25, 0.3) is 5.91 Å². The largest absolute Gasteiger partial charge is 0.322 e. The van der Waals surface area contributed by atoms with E-state index in [4.69, 9.17) is 16.9 Å². The number of halogens is 1. The van der Waals surface area contributed by atoms with Gasteiger partial charge < -0.3 is 5.32 Å². The molecule has 0 spiro atoms. The third-order valence-corrected chi connectivity index (χ3v) is 3.16. The normalized spacial score (nSPS) is 9.90. The number of hydrogen-bond donors (Lipinski definition) is 1. The fraction of sp³-hybridized carbons (Fsp3) is 0.125. The van der Waals surface area contributed by atoms with Crippen LogP contribution in [0.1, 0.15) is 27.0 Å². The van der Waals surface area contributed by atoms with Gasteiger partial charge in [-0.05, 0) is 44.2 Å². The summed E-state index contributed by atoms with van der Waals surface area (Å²) in [6.45, 7) is 3.89. The summed E-state index contributed by atoms with van der Waals surface area (Å²) < 4.78 is 0. The summed E-state index contributed by atoms with van der Waals surface area (Å²) in [5.41, 5.74) is 3.55. The average Bonchev–Trinajstić information content (AvgIpc) is 2.39. The van der Waals surface area contributed by atoms with E-state index in [0.29, 0.717) is 21.8 Å². The zero-order valence-electron chi connectivity index (χ0n) is 11.2. The van der Waals surface area contributed by atoms with E-state index in [9.17, 15) is 4.79 Å². The van der Waals surface area contributed by atoms with Gasteiger partial charge in [-0.2, -0.15) is 5.26 Å². The van der Waals surface area contributed by atoms with E-state index in [1.165, 1.54) is 0 Å². The number of amides is 1. The van der Waals surface area contributed by atoms with E-state index in [1.54, 1.807) is 18.2 Å². The molecular weight excluding hydrogens is 272 g/mol. The number of benzene rings is 2. The molecule has 4 heteroatoms. The number of nitrogens with zero attached hydrogens (tertiary/aromatic N) is 1. The Morgan fingerprint density at radius 3 is 2.40 bits per heavy atom. The molecule has 1 amide bonds. The summed E-state index contributed by atoms with van der Waals surface area (Å²) in [6.07, 6.45) is 0. The minimum atomic E-state index is -0.206. The molecule has 3 nitrogen and oxygen atoms in total. The van der Waals surface area contributed by atoms with Crippen LogP contribution in [0, 0.1) is 25.2 Å². The van der Waals surface area contributed by atoms with Gasteiger partial charge in [-0.15, -0.1) is 0 Å². The summed E-state index contributed by atoms with van der Waals surface area (Å²) >= 11 is 5.86. The first kappa shape index (κ1) is 14.1. The minimum absolute atomic E-state index is 0.206. The molecule has 0 radical (unpaired) electrons. The highest BCUT2D eigenvalue weighted by Gasteiger charge is 2.08. The molecule has 0 aromatic heterocycles. The van der Waals surface area contributed by atoms with Gasteiger partial charge in [0.05, 0.1) is 10.6 Å². The van der Waals surface area contributed by atoms with Crippen LogP contribution >= 0.6 is 11.6 Å². The number of hydrogen-bond acceptors (Lipinski definition) is 2. The number of nitrogens with one attached hydrogen (secondary N) is 1. The topological polar surface area (TPSA) is 52.9 Å². The van der Waals surface area contributed by atoms with Gasteiger partial charge in [0.2, 0.25) is 0 Å². The lowest BCUT2D eigenvalue weighted by Crippen LogP contribution is -2.12. The Hall–Kier alpha value is -2.31. The van der Waals surface area contributed by atoms with Crippen molar-refractivity contribution in [3.05, 3.63) is 63.7 Å². The predicted molar refractivity (Wildman–Crippen MR) is 80.0 cm³/mol. The molecule has 0 saturated heterocycles. The Morgan fingerprint density at radius 2 is 1.80 bits per heavy atom. The number of carbonyl (C=O) groups is 1. The standard InChI is InChI=1S/C16H13ClN2O/c1-10-5-11(2)7-12(6-10)16(20)19-14-3-4-15(17)13(8-14)9-18/h3-8H,1-2H3,(H,19,20). The molecule has 0 saturated carbocycles. The van der Waals surface area contributed by atoms with Crippen molar-refractivity contribution in [3.8, 4) is 6.07 Å². The lowest BCUT2D eigenvalue weighted by Gasteiger charge is -2.08. The van der Waals surface area contributed by atoms with Crippen LogP contribution in [0.15, 0.2) is 36.4 Å². The van der Waals surface area contributed by atoms with Crippen molar-refractivity contribution >= 4 is 23.2 Å². The second kappa shape index (κ2) is 5.77. The van der Waals surface area contributed by atoms with Gasteiger partial charge in [0.15, 0.2) is 0 Å². The lowest BCUT2D eigenvalue weighted by atomic mass is 10.1. The molecule has 2 rings (SSSR count). The smallest absolute Gasteiger partial charge is 0.255 e. The van der Waals surface area contributed by atoms with Crippen LogP contribution in [-0.2, 0) is 0 Å². The molecule has 2 aromatic rings. The van der Waals surface area contributed by atoms with Crippen molar-refractivity contribution in [2.24, 2.45) is 0 Å². The summed E-state index contributed by atoms with van der Waals surface area (Å²) in [5, 5.41) is 12.1. The Bertz CT molecular complexity index is 697. The summed E-state index contributed by atoms with van der Waals surface area (Å²) in [6, 6.07) is 12.5. The SMILES string of the molecule is Cc1cc(C)cc(C(=O)Nc2ccc(Cl)c(C#N)c2)c1. The second-order valence-electron chi connectivity index (χ2n) is 4.64. The molecule has 0 aliphatic rings. The maximum absolute atomic E-state index is 12.2. The first-order valence-corrected chi connectivity index (χ1v) is 6.46. The minimum Gasteiger partial charge on any atom is -0.322 e. The monoisotopic (exact) mass is 284 g/mol. The Balaban J connectivity index is 2.26. The van der Waals surface area contributed by atoms with E-state index in [2.05, 4.69) is 5.32 Å².